The predicted octanol–water partition coefficient (Wildman–Crippen LogP) is 2.69. The van der Waals surface area contributed by atoms with Crippen LogP contribution in [0.25, 0.3) is 0 Å². The summed E-state index contributed by atoms with van der Waals surface area (Å²) in [4.78, 5) is 29.3. The van der Waals surface area contributed by atoms with Gasteiger partial charge in [-0.1, -0.05) is 0 Å². The van der Waals surface area contributed by atoms with Crippen molar-refractivity contribution in [1.82, 2.24) is 9.80 Å². The number of methoxy groups -OCH3 is 2. The third-order valence-electron chi connectivity index (χ3n) is 7.26. The average Bonchev–Trinajstić information content (AvgIpc) is 2.73. The number of carbonyl (C=O) groups excluding carboxylic acids is 2. The van der Waals surface area contributed by atoms with Crippen molar-refractivity contribution < 1.29 is 32.2 Å². The number of rotatable bonds is 4. The minimum absolute atomic E-state index is 0.139. The topological polar surface area (TPSA) is 59.1 Å². The van der Waals surface area contributed by atoms with Crippen LogP contribution in [0.5, 0.6) is 0 Å². The van der Waals surface area contributed by atoms with Gasteiger partial charge in [-0.2, -0.15) is 0 Å². The molecule has 9 heteroatoms. The summed E-state index contributed by atoms with van der Waals surface area (Å²) in [6, 6.07) is -0.663. The Morgan fingerprint density at radius 1 is 0.774 bits per heavy atom. The molecule has 3 fully saturated rings. The molecule has 1 saturated heterocycles. The summed E-state index contributed by atoms with van der Waals surface area (Å²) < 4.78 is 53.7. The van der Waals surface area contributed by atoms with Crippen molar-refractivity contribution in [2.75, 3.05) is 27.3 Å². The van der Waals surface area contributed by atoms with E-state index in [1.807, 2.05) is 13.8 Å². The number of ether oxygens (including phenoxy) is 2. The van der Waals surface area contributed by atoms with Crippen LogP contribution < -0.4 is 0 Å². The van der Waals surface area contributed by atoms with Gasteiger partial charge in [0.05, 0.1) is 24.0 Å². The number of carbonyl (C=O) groups is 2. The van der Waals surface area contributed by atoms with E-state index in [9.17, 15) is 22.8 Å². The molecule has 1 aliphatic heterocycles. The molecule has 0 spiro atoms. The Hall–Kier alpha value is -1.35. The standard InChI is InChI=1S/C22H35F3N2O4/c1-12-10-26(21(28)16-8-19(25)20(31-4)9-18(16)24)11-13(2)27(12)22(29)15-6-5-14(30-3)7-17(15)23/h12-20H,5-11H2,1-4H3/t12-,13-,14?,15?,16?,17?,18?,19?,20?/m1/s1. The molecule has 3 aliphatic rings. The molecule has 178 valence electrons. The van der Waals surface area contributed by atoms with E-state index in [0.717, 1.165) is 0 Å². The fourth-order valence-corrected chi connectivity index (χ4v) is 5.51. The molecule has 2 aliphatic carbocycles. The predicted molar refractivity (Wildman–Crippen MR) is 109 cm³/mol. The van der Waals surface area contributed by atoms with Crippen LogP contribution >= 0.6 is 0 Å². The zero-order chi connectivity index (χ0) is 22.9. The van der Waals surface area contributed by atoms with E-state index in [0.29, 0.717) is 12.8 Å². The maximum absolute atomic E-state index is 14.7. The second-order valence-corrected chi connectivity index (χ2v) is 9.36. The normalized spacial score (nSPS) is 41.8. The molecule has 2 amide bonds. The Labute approximate surface area is 182 Å². The lowest BCUT2D eigenvalue weighted by atomic mass is 9.82. The van der Waals surface area contributed by atoms with Crippen molar-refractivity contribution >= 4 is 11.8 Å². The summed E-state index contributed by atoms with van der Waals surface area (Å²) in [7, 11) is 2.89. The van der Waals surface area contributed by atoms with E-state index in [4.69, 9.17) is 9.47 Å². The molecule has 0 radical (unpaired) electrons. The van der Waals surface area contributed by atoms with Crippen LogP contribution in [0.1, 0.15) is 46.0 Å². The number of piperazine rings is 1. The van der Waals surface area contributed by atoms with Crippen LogP contribution in [0.2, 0.25) is 0 Å². The Bertz CT molecular complexity index is 642. The van der Waals surface area contributed by atoms with Gasteiger partial charge in [0.2, 0.25) is 11.8 Å². The molecule has 7 unspecified atom stereocenters. The summed E-state index contributed by atoms with van der Waals surface area (Å²) in [5.74, 6) is -2.39. The third-order valence-corrected chi connectivity index (χ3v) is 7.26. The zero-order valence-corrected chi connectivity index (χ0v) is 18.8. The number of hydrogen-bond acceptors (Lipinski definition) is 4. The molecule has 9 atom stereocenters. The average molecular weight is 449 g/mol. The van der Waals surface area contributed by atoms with Gasteiger partial charge >= 0.3 is 0 Å². The molecule has 0 N–H and O–H groups in total. The van der Waals surface area contributed by atoms with Gasteiger partial charge in [-0.25, -0.2) is 13.2 Å². The Morgan fingerprint density at radius 3 is 1.94 bits per heavy atom. The first-order valence-electron chi connectivity index (χ1n) is 11.3. The lowest BCUT2D eigenvalue weighted by molar-refractivity contribution is -0.157. The van der Waals surface area contributed by atoms with Crippen molar-refractivity contribution in [3.05, 3.63) is 0 Å². The molecule has 6 nitrogen and oxygen atoms in total. The molecule has 0 aromatic rings. The molecule has 1 heterocycles. The Morgan fingerprint density at radius 2 is 1.39 bits per heavy atom. The molecule has 0 bridgehead atoms. The highest BCUT2D eigenvalue weighted by Gasteiger charge is 2.46. The number of alkyl halides is 3. The molecule has 31 heavy (non-hydrogen) atoms. The minimum Gasteiger partial charge on any atom is -0.381 e. The van der Waals surface area contributed by atoms with Crippen molar-refractivity contribution in [3.8, 4) is 0 Å². The second-order valence-electron chi connectivity index (χ2n) is 9.36. The monoisotopic (exact) mass is 448 g/mol. The van der Waals surface area contributed by atoms with Crippen LogP contribution in [0.3, 0.4) is 0 Å². The molecule has 2 saturated carbocycles. The van der Waals surface area contributed by atoms with Crippen molar-refractivity contribution in [2.45, 2.75) is 88.8 Å². The van der Waals surface area contributed by atoms with Crippen LogP contribution in [0.4, 0.5) is 13.2 Å². The Balaban J connectivity index is 1.63. The van der Waals surface area contributed by atoms with Crippen molar-refractivity contribution in [2.24, 2.45) is 11.8 Å². The number of nitrogens with zero attached hydrogens (tertiary/aromatic N) is 2. The third kappa shape index (κ3) is 5.02. The summed E-state index contributed by atoms with van der Waals surface area (Å²) >= 11 is 0. The van der Waals surface area contributed by atoms with Gasteiger partial charge < -0.3 is 19.3 Å². The van der Waals surface area contributed by atoms with Gasteiger partial charge in [-0.3, -0.25) is 9.59 Å². The molecule has 3 rings (SSSR count). The van der Waals surface area contributed by atoms with Gasteiger partial charge in [0.25, 0.3) is 0 Å². The number of halogens is 3. The number of amides is 2. The largest absolute Gasteiger partial charge is 0.381 e. The van der Waals surface area contributed by atoms with E-state index in [1.165, 1.54) is 12.0 Å². The summed E-state index contributed by atoms with van der Waals surface area (Å²) in [6.07, 6.45) is -4.15. The highest BCUT2D eigenvalue weighted by atomic mass is 19.1. The quantitative estimate of drug-likeness (QED) is 0.664. The van der Waals surface area contributed by atoms with E-state index >= 15 is 0 Å². The lowest BCUT2D eigenvalue weighted by Gasteiger charge is -2.47. The van der Waals surface area contributed by atoms with Crippen LogP contribution in [0, 0.1) is 11.8 Å². The van der Waals surface area contributed by atoms with Gasteiger partial charge in [-0.15, -0.1) is 0 Å². The summed E-state index contributed by atoms with van der Waals surface area (Å²) in [5.41, 5.74) is 0. The van der Waals surface area contributed by atoms with Crippen molar-refractivity contribution in [1.29, 1.82) is 0 Å². The summed E-state index contributed by atoms with van der Waals surface area (Å²) in [6.45, 7) is 4.09. The van der Waals surface area contributed by atoms with E-state index < -0.39 is 42.4 Å². The van der Waals surface area contributed by atoms with E-state index in [1.54, 1.807) is 12.0 Å². The lowest BCUT2D eigenvalue weighted by Crippen LogP contribution is -2.63. The van der Waals surface area contributed by atoms with Crippen molar-refractivity contribution in [3.63, 3.8) is 0 Å². The fraction of sp³-hybridized carbons (Fsp3) is 0.909. The van der Waals surface area contributed by atoms with E-state index in [2.05, 4.69) is 0 Å². The first-order valence-corrected chi connectivity index (χ1v) is 11.3. The molecule has 0 aromatic carbocycles. The van der Waals surface area contributed by atoms with E-state index in [-0.39, 0.29) is 56.4 Å². The maximum atomic E-state index is 14.7. The van der Waals surface area contributed by atoms with Gasteiger partial charge in [0.1, 0.15) is 18.5 Å². The zero-order valence-electron chi connectivity index (χ0n) is 18.8. The first-order chi connectivity index (χ1) is 14.7. The highest BCUT2D eigenvalue weighted by Crippen LogP contribution is 2.35. The smallest absolute Gasteiger partial charge is 0.229 e. The fourth-order valence-electron chi connectivity index (χ4n) is 5.51. The minimum atomic E-state index is -1.46. The van der Waals surface area contributed by atoms with Gasteiger partial charge in [-0.05, 0) is 33.1 Å². The summed E-state index contributed by atoms with van der Waals surface area (Å²) in [5, 5.41) is 0. The van der Waals surface area contributed by atoms with Crippen LogP contribution in [-0.2, 0) is 19.1 Å². The Kier molecular flexibility index (Phi) is 7.89. The van der Waals surface area contributed by atoms with Gasteiger partial charge in [0, 0.05) is 52.2 Å². The van der Waals surface area contributed by atoms with Crippen LogP contribution in [0.15, 0.2) is 0 Å². The molecule has 0 aromatic heterocycles. The first kappa shape index (κ1) is 24.3. The second kappa shape index (κ2) is 10.1. The highest BCUT2D eigenvalue weighted by molar-refractivity contribution is 5.82. The molecular weight excluding hydrogens is 413 g/mol. The van der Waals surface area contributed by atoms with Crippen LogP contribution in [-0.4, -0.2) is 91.7 Å². The van der Waals surface area contributed by atoms with Gasteiger partial charge in [0.15, 0.2) is 0 Å². The SMILES string of the molecule is COC1CCC(C(=O)N2[C@H](C)CN(C(=O)C3CC(F)C(OC)CC3F)C[C@H]2C)C(F)C1. The maximum Gasteiger partial charge on any atom is 0.229 e. The molecular formula is C22H35F3N2O4. The number of hydrogen-bond donors (Lipinski definition) is 0.